The van der Waals surface area contributed by atoms with Crippen molar-refractivity contribution in [2.75, 3.05) is 5.32 Å². The fourth-order valence-electron chi connectivity index (χ4n) is 3.60. The number of amidine groups is 2. The molecule has 0 spiro atoms. The summed E-state index contributed by atoms with van der Waals surface area (Å²) in [5.74, 6) is -1.52. The van der Waals surface area contributed by atoms with Crippen molar-refractivity contribution in [2.45, 2.75) is 44.4 Å². The molecule has 2 aromatic rings. The number of hydrogen-bond acceptors (Lipinski definition) is 5. The van der Waals surface area contributed by atoms with Gasteiger partial charge in [0, 0.05) is 11.6 Å². The van der Waals surface area contributed by atoms with Gasteiger partial charge in [-0.15, -0.1) is 0 Å². The molecule has 2 atom stereocenters. The lowest BCUT2D eigenvalue weighted by atomic mass is 10.1. The Morgan fingerprint density at radius 2 is 2.00 bits per heavy atom. The molecule has 0 saturated heterocycles. The first kappa shape index (κ1) is 22.1. The lowest BCUT2D eigenvalue weighted by Crippen LogP contribution is -2.42. The van der Waals surface area contributed by atoms with Gasteiger partial charge in [0.25, 0.3) is 5.91 Å². The summed E-state index contributed by atoms with van der Waals surface area (Å²) < 4.78 is 27.5. The molecule has 9 heteroatoms. The number of anilines is 1. The second-order valence-corrected chi connectivity index (χ2v) is 8.64. The van der Waals surface area contributed by atoms with Crippen molar-refractivity contribution >= 4 is 46.0 Å². The normalized spacial score (nSPS) is 17.9. The van der Waals surface area contributed by atoms with Gasteiger partial charge in [0.05, 0.1) is 16.6 Å². The van der Waals surface area contributed by atoms with Crippen molar-refractivity contribution < 1.29 is 18.4 Å². The highest BCUT2D eigenvalue weighted by Crippen LogP contribution is 2.36. The van der Waals surface area contributed by atoms with Crippen LogP contribution in [0.25, 0.3) is 0 Å². The van der Waals surface area contributed by atoms with Gasteiger partial charge in [-0.2, -0.15) is 0 Å². The number of nitrogens with zero attached hydrogens (tertiary/aromatic N) is 3. The first-order valence-electron chi connectivity index (χ1n) is 10.4. The van der Waals surface area contributed by atoms with Crippen molar-refractivity contribution in [3.8, 4) is 0 Å². The van der Waals surface area contributed by atoms with Crippen LogP contribution in [0.2, 0.25) is 0 Å². The number of amides is 2. The van der Waals surface area contributed by atoms with E-state index in [0.29, 0.717) is 29.5 Å². The molecular weight excluding hydrogens is 434 g/mol. The molecule has 0 unspecified atom stereocenters. The van der Waals surface area contributed by atoms with Gasteiger partial charge in [0.2, 0.25) is 5.91 Å². The molecule has 166 valence electrons. The topological polar surface area (TPSA) is 74.1 Å². The van der Waals surface area contributed by atoms with Crippen LogP contribution >= 0.6 is 11.8 Å². The molecule has 2 aliphatic rings. The summed E-state index contributed by atoms with van der Waals surface area (Å²) in [5, 5.41) is 2.12. The van der Waals surface area contributed by atoms with E-state index in [2.05, 4.69) is 15.3 Å². The fourth-order valence-corrected chi connectivity index (χ4v) is 4.62. The van der Waals surface area contributed by atoms with Gasteiger partial charge in [0.15, 0.2) is 5.17 Å². The van der Waals surface area contributed by atoms with Gasteiger partial charge >= 0.3 is 0 Å². The van der Waals surface area contributed by atoms with Crippen LogP contribution in [0.3, 0.4) is 0 Å². The number of hydrogen-bond donors (Lipinski definition) is 1. The maximum atomic E-state index is 14.0. The number of thioether (sulfide) groups is 1. The average Bonchev–Trinajstić information content (AvgIpc) is 3.11. The molecule has 6 nitrogen and oxygen atoms in total. The zero-order valence-electron chi connectivity index (χ0n) is 17.6. The Labute approximate surface area is 188 Å². The third kappa shape index (κ3) is 4.17. The molecule has 2 aromatic carbocycles. The van der Waals surface area contributed by atoms with E-state index in [9.17, 15) is 18.4 Å². The largest absolute Gasteiger partial charge is 0.323 e. The maximum absolute atomic E-state index is 14.0. The number of benzene rings is 2. The zero-order chi connectivity index (χ0) is 22.8. The monoisotopic (exact) mass is 456 g/mol. The van der Waals surface area contributed by atoms with Crippen molar-refractivity contribution in [3.63, 3.8) is 0 Å². The SMILES string of the molecule is CCC[C@H]1N=C2c3ccccc3N=C(S[C@H](CC)C(=O)Nc3cc(F)ccc3F)N2C1=O. The fraction of sp³-hybridized carbons (Fsp3) is 0.304. The first-order chi connectivity index (χ1) is 15.4. The lowest BCUT2D eigenvalue weighted by Gasteiger charge is -2.27. The van der Waals surface area contributed by atoms with Crippen LogP contribution in [-0.2, 0) is 9.59 Å². The number of carbonyl (C=O) groups excluding carboxylic acids is 2. The van der Waals surface area contributed by atoms with Crippen molar-refractivity contribution in [1.29, 1.82) is 0 Å². The van der Waals surface area contributed by atoms with E-state index in [1.54, 1.807) is 6.92 Å². The molecule has 0 saturated carbocycles. The zero-order valence-corrected chi connectivity index (χ0v) is 18.5. The minimum atomic E-state index is -0.727. The number of nitrogens with one attached hydrogen (secondary N) is 1. The molecule has 4 rings (SSSR count). The van der Waals surface area contributed by atoms with E-state index >= 15 is 0 Å². The Hall–Kier alpha value is -3.07. The Balaban J connectivity index is 1.62. The molecular formula is C23H22F2N4O2S. The van der Waals surface area contributed by atoms with E-state index in [-0.39, 0.29) is 11.6 Å². The highest BCUT2D eigenvalue weighted by molar-refractivity contribution is 8.15. The second kappa shape index (κ2) is 9.20. The molecule has 32 heavy (non-hydrogen) atoms. The Morgan fingerprint density at radius 3 is 2.75 bits per heavy atom. The Morgan fingerprint density at radius 1 is 1.22 bits per heavy atom. The highest BCUT2D eigenvalue weighted by atomic mass is 32.2. The Bertz CT molecular complexity index is 1130. The van der Waals surface area contributed by atoms with Gasteiger partial charge in [-0.1, -0.05) is 44.2 Å². The van der Waals surface area contributed by atoms with Crippen LogP contribution in [-0.4, -0.2) is 39.0 Å². The number of carbonyl (C=O) groups is 2. The van der Waals surface area contributed by atoms with Crippen LogP contribution in [0, 0.1) is 11.6 Å². The molecule has 0 fully saturated rings. The predicted molar refractivity (Wildman–Crippen MR) is 122 cm³/mol. The quantitative estimate of drug-likeness (QED) is 0.674. The maximum Gasteiger partial charge on any atom is 0.259 e. The van der Waals surface area contributed by atoms with E-state index < -0.39 is 28.8 Å². The standard InChI is InChI=1S/C23H22F2N4O2S/c1-3-7-17-22(31)29-20(26-17)14-8-5-6-9-16(14)28-23(29)32-19(4-2)21(30)27-18-12-13(24)10-11-15(18)25/h5-6,8-12,17,19H,3-4,7H2,1-2H3,(H,27,30)/t17-,19-/m1/s1. The van der Waals surface area contributed by atoms with Crippen LogP contribution in [0.15, 0.2) is 52.4 Å². The Kier molecular flexibility index (Phi) is 6.36. The molecule has 0 aliphatic carbocycles. The summed E-state index contributed by atoms with van der Waals surface area (Å²) in [6, 6.07) is 9.79. The van der Waals surface area contributed by atoms with E-state index in [1.165, 1.54) is 4.90 Å². The number of para-hydroxylation sites is 1. The smallest absolute Gasteiger partial charge is 0.259 e. The van der Waals surface area contributed by atoms with Gasteiger partial charge in [-0.05, 0) is 37.1 Å². The minimum Gasteiger partial charge on any atom is -0.323 e. The van der Waals surface area contributed by atoms with Crippen LogP contribution in [0.4, 0.5) is 20.2 Å². The molecule has 2 aliphatic heterocycles. The minimum absolute atomic E-state index is 0.172. The highest BCUT2D eigenvalue weighted by Gasteiger charge is 2.42. The summed E-state index contributed by atoms with van der Waals surface area (Å²) in [7, 11) is 0. The molecule has 0 aromatic heterocycles. The number of halogens is 2. The summed E-state index contributed by atoms with van der Waals surface area (Å²) in [4.78, 5) is 36.7. The first-order valence-corrected chi connectivity index (χ1v) is 11.3. The van der Waals surface area contributed by atoms with Crippen LogP contribution in [0.1, 0.15) is 38.7 Å². The van der Waals surface area contributed by atoms with Gasteiger partial charge in [-0.3, -0.25) is 14.6 Å². The van der Waals surface area contributed by atoms with Crippen molar-refractivity contribution in [1.82, 2.24) is 4.90 Å². The average molecular weight is 457 g/mol. The number of rotatable bonds is 6. The molecule has 0 radical (unpaired) electrons. The van der Waals surface area contributed by atoms with Crippen LogP contribution in [0.5, 0.6) is 0 Å². The lowest BCUT2D eigenvalue weighted by molar-refractivity contribution is -0.124. The van der Waals surface area contributed by atoms with E-state index in [4.69, 9.17) is 0 Å². The molecule has 0 bridgehead atoms. The van der Waals surface area contributed by atoms with E-state index in [1.807, 2.05) is 31.2 Å². The van der Waals surface area contributed by atoms with Gasteiger partial charge in [-0.25, -0.2) is 18.7 Å². The van der Waals surface area contributed by atoms with Crippen LogP contribution < -0.4 is 5.32 Å². The molecule has 2 heterocycles. The number of fused-ring (bicyclic) bond motifs is 3. The molecule has 1 N–H and O–H groups in total. The summed E-state index contributed by atoms with van der Waals surface area (Å²) in [6.45, 7) is 3.79. The number of aliphatic imine (C=N–C) groups is 2. The summed E-state index contributed by atoms with van der Waals surface area (Å²) >= 11 is 1.11. The molecule has 2 amide bonds. The third-order valence-corrected chi connectivity index (χ3v) is 6.52. The van der Waals surface area contributed by atoms with E-state index in [0.717, 1.165) is 41.9 Å². The predicted octanol–water partition coefficient (Wildman–Crippen LogP) is 4.87. The summed E-state index contributed by atoms with van der Waals surface area (Å²) in [6.07, 6.45) is 1.82. The summed E-state index contributed by atoms with van der Waals surface area (Å²) in [5.41, 5.74) is 1.21. The second-order valence-electron chi connectivity index (χ2n) is 7.47. The van der Waals surface area contributed by atoms with Gasteiger partial charge < -0.3 is 5.32 Å². The third-order valence-electron chi connectivity index (χ3n) is 5.21. The van der Waals surface area contributed by atoms with Gasteiger partial charge in [0.1, 0.15) is 23.5 Å². The van der Waals surface area contributed by atoms with Crippen molar-refractivity contribution in [2.24, 2.45) is 9.98 Å². The van der Waals surface area contributed by atoms with Crippen molar-refractivity contribution in [3.05, 3.63) is 59.7 Å².